The molecule has 3 aromatic rings. The number of hydrogen-bond acceptors (Lipinski definition) is 5. The molecular formula is C30H32Cl2N4O4S. The summed E-state index contributed by atoms with van der Waals surface area (Å²) in [4.78, 5) is 31.7. The number of aryl methyl sites for hydroxylation is 1. The lowest BCUT2D eigenvalue weighted by molar-refractivity contribution is -0.110. The van der Waals surface area contributed by atoms with Crippen LogP contribution in [-0.4, -0.2) is 56.8 Å². The number of rotatable bonds is 7. The summed E-state index contributed by atoms with van der Waals surface area (Å²) in [5.74, 6) is -0.434. The molecule has 2 aliphatic rings. The van der Waals surface area contributed by atoms with Crippen molar-refractivity contribution in [2.75, 3.05) is 32.0 Å². The maximum Gasteiger partial charge on any atom is 0.256 e. The zero-order chi connectivity index (χ0) is 29.5. The average molecular weight is 616 g/mol. The van der Waals surface area contributed by atoms with Gasteiger partial charge in [-0.1, -0.05) is 29.3 Å². The Balaban J connectivity index is 1.40. The summed E-state index contributed by atoms with van der Waals surface area (Å²) in [6.45, 7) is 6.34. The molecule has 0 aliphatic carbocycles. The molecule has 3 heterocycles. The summed E-state index contributed by atoms with van der Waals surface area (Å²) in [5.41, 5.74) is 4.17. The minimum atomic E-state index is -3.83. The van der Waals surface area contributed by atoms with Crippen LogP contribution in [0.5, 0.6) is 0 Å². The number of aromatic amines is 1. The highest BCUT2D eigenvalue weighted by atomic mass is 35.5. The summed E-state index contributed by atoms with van der Waals surface area (Å²) < 4.78 is 26.7. The van der Waals surface area contributed by atoms with E-state index in [0.717, 1.165) is 25.9 Å². The minimum absolute atomic E-state index is 0.0444. The van der Waals surface area contributed by atoms with Gasteiger partial charge in [0.05, 0.1) is 21.8 Å². The summed E-state index contributed by atoms with van der Waals surface area (Å²) >= 11 is 12.4. The van der Waals surface area contributed by atoms with Crippen LogP contribution in [0, 0.1) is 19.8 Å². The third-order valence-corrected chi connectivity index (χ3v) is 10.3. The molecule has 2 aliphatic heterocycles. The average Bonchev–Trinajstić information content (AvgIpc) is 3.39. The van der Waals surface area contributed by atoms with Crippen LogP contribution in [0.25, 0.3) is 11.6 Å². The van der Waals surface area contributed by atoms with Gasteiger partial charge >= 0.3 is 0 Å². The van der Waals surface area contributed by atoms with Gasteiger partial charge < -0.3 is 20.5 Å². The first-order valence-corrected chi connectivity index (χ1v) is 15.8. The number of sulfone groups is 1. The van der Waals surface area contributed by atoms with Gasteiger partial charge in [-0.3, -0.25) is 9.59 Å². The molecule has 3 N–H and O–H groups in total. The lowest BCUT2D eigenvalue weighted by Crippen LogP contribution is -2.37. The molecule has 0 unspecified atom stereocenters. The van der Waals surface area contributed by atoms with Gasteiger partial charge in [0.25, 0.3) is 11.8 Å². The molecule has 0 atom stereocenters. The number of carbonyl (C=O) groups excluding carboxylic acids is 2. The second kappa shape index (κ2) is 11.6. The van der Waals surface area contributed by atoms with Crippen LogP contribution >= 0.6 is 23.2 Å². The number of hydrogen-bond donors (Lipinski definition) is 3. The van der Waals surface area contributed by atoms with Crippen molar-refractivity contribution in [2.24, 2.45) is 5.92 Å². The third kappa shape index (κ3) is 6.09. The fraction of sp³-hybridized carbons (Fsp3) is 0.333. The lowest BCUT2D eigenvalue weighted by atomic mass is 9.97. The van der Waals surface area contributed by atoms with E-state index in [0.29, 0.717) is 57.4 Å². The van der Waals surface area contributed by atoms with Crippen LogP contribution in [0.4, 0.5) is 5.69 Å². The number of piperidine rings is 1. The Kier molecular flexibility index (Phi) is 8.34. The van der Waals surface area contributed by atoms with E-state index in [1.807, 2.05) is 13.8 Å². The van der Waals surface area contributed by atoms with Gasteiger partial charge in [-0.25, -0.2) is 8.42 Å². The van der Waals surface area contributed by atoms with Crippen molar-refractivity contribution in [2.45, 2.75) is 37.3 Å². The second-order valence-electron chi connectivity index (χ2n) is 10.8. The number of halogens is 2. The predicted molar refractivity (Wildman–Crippen MR) is 163 cm³/mol. The number of H-pyrrole nitrogens is 1. The zero-order valence-corrected chi connectivity index (χ0v) is 25.4. The maximum absolute atomic E-state index is 13.3. The van der Waals surface area contributed by atoms with Gasteiger partial charge in [-0.2, -0.15) is 0 Å². The third-order valence-electron chi connectivity index (χ3n) is 7.91. The first-order chi connectivity index (χ1) is 19.4. The monoisotopic (exact) mass is 614 g/mol. The minimum Gasteiger partial charge on any atom is -0.358 e. The van der Waals surface area contributed by atoms with Crippen LogP contribution in [0.15, 0.2) is 41.3 Å². The van der Waals surface area contributed by atoms with E-state index >= 15 is 0 Å². The number of nitrogens with one attached hydrogen (secondary N) is 3. The smallest absolute Gasteiger partial charge is 0.256 e. The van der Waals surface area contributed by atoms with E-state index in [1.54, 1.807) is 30.3 Å². The summed E-state index contributed by atoms with van der Waals surface area (Å²) in [7, 11) is -1.73. The van der Waals surface area contributed by atoms with E-state index in [1.165, 1.54) is 12.1 Å². The Labute approximate surface area is 250 Å². The molecule has 5 rings (SSSR count). The molecule has 0 radical (unpaired) electrons. The Morgan fingerprint density at radius 3 is 2.49 bits per heavy atom. The molecule has 2 amide bonds. The number of nitrogens with zero attached hydrogens (tertiary/aromatic N) is 1. The largest absolute Gasteiger partial charge is 0.358 e. The molecule has 2 aromatic carbocycles. The summed E-state index contributed by atoms with van der Waals surface area (Å²) in [6.07, 6.45) is 3.77. The summed E-state index contributed by atoms with van der Waals surface area (Å²) in [6, 6.07) is 9.35. The second-order valence-corrected chi connectivity index (χ2v) is 13.6. The van der Waals surface area contributed by atoms with Gasteiger partial charge in [0.1, 0.15) is 0 Å². The molecule has 0 bridgehead atoms. The highest BCUT2D eigenvalue weighted by Gasteiger charge is 2.29. The molecule has 1 saturated heterocycles. The van der Waals surface area contributed by atoms with Crippen molar-refractivity contribution in [3.05, 3.63) is 80.1 Å². The zero-order valence-electron chi connectivity index (χ0n) is 23.1. The lowest BCUT2D eigenvalue weighted by Gasteiger charge is -2.28. The highest BCUT2D eigenvalue weighted by molar-refractivity contribution is 7.90. The predicted octanol–water partition coefficient (Wildman–Crippen LogP) is 5.48. The Morgan fingerprint density at radius 1 is 1.12 bits per heavy atom. The van der Waals surface area contributed by atoms with E-state index in [2.05, 4.69) is 27.6 Å². The number of fused-ring (bicyclic) bond motifs is 1. The van der Waals surface area contributed by atoms with Gasteiger partial charge in [0, 0.05) is 44.8 Å². The van der Waals surface area contributed by atoms with Crippen LogP contribution < -0.4 is 10.6 Å². The number of carbonyl (C=O) groups is 2. The number of anilines is 1. The van der Waals surface area contributed by atoms with Crippen molar-refractivity contribution in [3.63, 3.8) is 0 Å². The number of likely N-dealkylation sites (tertiary alicyclic amines) is 1. The van der Waals surface area contributed by atoms with E-state index < -0.39 is 9.84 Å². The number of benzene rings is 2. The fourth-order valence-electron chi connectivity index (χ4n) is 5.44. The molecule has 0 saturated carbocycles. The van der Waals surface area contributed by atoms with E-state index in [-0.39, 0.29) is 32.5 Å². The van der Waals surface area contributed by atoms with Crippen LogP contribution in [-0.2, 0) is 20.4 Å². The fourth-order valence-corrected chi connectivity index (χ4v) is 7.56. The van der Waals surface area contributed by atoms with Gasteiger partial charge in [-0.05, 0) is 94.7 Å². The molecule has 1 aromatic heterocycles. The first kappa shape index (κ1) is 29.4. The Bertz CT molecular complexity index is 1650. The van der Waals surface area contributed by atoms with E-state index in [9.17, 15) is 18.0 Å². The molecular weight excluding hydrogens is 583 g/mol. The Morgan fingerprint density at radius 2 is 1.80 bits per heavy atom. The quantitative estimate of drug-likeness (QED) is 0.305. The van der Waals surface area contributed by atoms with Crippen molar-refractivity contribution in [3.8, 4) is 0 Å². The molecule has 216 valence electrons. The van der Waals surface area contributed by atoms with Crippen LogP contribution in [0.3, 0.4) is 0 Å². The topological polar surface area (TPSA) is 111 Å². The van der Waals surface area contributed by atoms with Gasteiger partial charge in [0.2, 0.25) is 0 Å². The van der Waals surface area contributed by atoms with Gasteiger partial charge in [-0.15, -0.1) is 0 Å². The number of aromatic nitrogens is 1. The van der Waals surface area contributed by atoms with Crippen molar-refractivity contribution >= 4 is 62.2 Å². The molecule has 8 nitrogen and oxygen atoms in total. The van der Waals surface area contributed by atoms with Crippen molar-refractivity contribution in [1.29, 1.82) is 0 Å². The SMILES string of the molecule is Cc1[nH]c(C=C2C(=O)Nc3ccc(S(=O)(=O)Cc4c(Cl)cccc4Cl)cc32)c(C)c1C(=O)NCC1CCN(C)CC1. The number of amides is 2. The van der Waals surface area contributed by atoms with Crippen molar-refractivity contribution in [1.82, 2.24) is 15.2 Å². The Hall–Kier alpha value is -3.11. The van der Waals surface area contributed by atoms with Crippen molar-refractivity contribution < 1.29 is 18.0 Å². The van der Waals surface area contributed by atoms with E-state index in [4.69, 9.17) is 23.2 Å². The molecule has 1 fully saturated rings. The van der Waals surface area contributed by atoms with Gasteiger partial charge in [0.15, 0.2) is 9.84 Å². The maximum atomic E-state index is 13.3. The standard InChI is InChI=1S/C30H32Cl2N4O4S/c1-17-27(34-18(2)28(17)30(38)33-15-19-9-11-36(3)12-10-19)14-22-21-13-20(7-8-26(21)35-29(22)37)41(39,40)16-23-24(31)5-4-6-25(23)32/h4-8,13-14,19,34H,9-12,15-16H2,1-3H3,(H,33,38)(H,35,37). The summed E-state index contributed by atoms with van der Waals surface area (Å²) in [5, 5.41) is 6.42. The molecule has 41 heavy (non-hydrogen) atoms. The first-order valence-electron chi connectivity index (χ1n) is 13.4. The van der Waals surface area contributed by atoms with Crippen LogP contribution in [0.1, 0.15) is 51.3 Å². The highest BCUT2D eigenvalue weighted by Crippen LogP contribution is 2.37. The molecule has 0 spiro atoms. The molecule has 11 heteroatoms. The normalized spacial score (nSPS) is 17.1. The van der Waals surface area contributed by atoms with Crippen LogP contribution in [0.2, 0.25) is 10.0 Å².